The number of benzene rings is 1. The van der Waals surface area contributed by atoms with Gasteiger partial charge in [0.15, 0.2) is 17.5 Å². The Kier molecular flexibility index (Phi) is 4.91. The Morgan fingerprint density at radius 2 is 1.74 bits per heavy atom. The summed E-state index contributed by atoms with van der Waals surface area (Å²) < 4.78 is 38.6. The molecule has 1 atom stereocenters. The maximum absolute atomic E-state index is 12.9. The van der Waals surface area contributed by atoms with Gasteiger partial charge in [-0.2, -0.15) is 0 Å². The third-order valence-electron chi connectivity index (χ3n) is 2.34. The summed E-state index contributed by atoms with van der Waals surface area (Å²) >= 11 is 0. The van der Waals surface area contributed by atoms with Gasteiger partial charge in [-0.05, 0) is 26.0 Å². The molecule has 104 valence electrons. The van der Waals surface area contributed by atoms with E-state index in [2.05, 4.69) is 10.6 Å². The maximum Gasteiger partial charge on any atom is 0.252 e. The zero-order valence-corrected chi connectivity index (χ0v) is 10.4. The average molecular weight is 274 g/mol. The minimum Gasteiger partial charge on any atom is -0.355 e. The van der Waals surface area contributed by atoms with Crippen molar-refractivity contribution in [2.45, 2.75) is 19.9 Å². The van der Waals surface area contributed by atoms with Gasteiger partial charge in [0.1, 0.15) is 6.04 Å². The highest BCUT2D eigenvalue weighted by molar-refractivity contribution is 5.97. The van der Waals surface area contributed by atoms with Crippen molar-refractivity contribution in [1.29, 1.82) is 0 Å². The van der Waals surface area contributed by atoms with Crippen molar-refractivity contribution in [2.24, 2.45) is 0 Å². The van der Waals surface area contributed by atoms with Crippen molar-refractivity contribution >= 4 is 11.8 Å². The second-order valence-corrected chi connectivity index (χ2v) is 3.84. The molecule has 0 spiro atoms. The second-order valence-electron chi connectivity index (χ2n) is 3.84. The van der Waals surface area contributed by atoms with Gasteiger partial charge in [-0.25, -0.2) is 13.2 Å². The van der Waals surface area contributed by atoms with Gasteiger partial charge in [0.2, 0.25) is 5.91 Å². The van der Waals surface area contributed by atoms with Crippen molar-refractivity contribution in [3.05, 3.63) is 35.1 Å². The van der Waals surface area contributed by atoms with E-state index in [4.69, 9.17) is 0 Å². The molecule has 0 saturated carbocycles. The van der Waals surface area contributed by atoms with Gasteiger partial charge in [0, 0.05) is 12.1 Å². The van der Waals surface area contributed by atoms with Crippen LogP contribution in [0.5, 0.6) is 0 Å². The molecule has 1 unspecified atom stereocenters. The Labute approximate surface area is 108 Å². The molecule has 4 nitrogen and oxygen atoms in total. The zero-order chi connectivity index (χ0) is 14.6. The van der Waals surface area contributed by atoms with Crippen molar-refractivity contribution in [1.82, 2.24) is 10.6 Å². The first-order valence-electron chi connectivity index (χ1n) is 5.60. The number of hydrogen-bond donors (Lipinski definition) is 2. The highest BCUT2D eigenvalue weighted by Crippen LogP contribution is 2.13. The van der Waals surface area contributed by atoms with E-state index in [1.54, 1.807) is 6.92 Å². The molecule has 0 bridgehead atoms. The van der Waals surface area contributed by atoms with Crippen molar-refractivity contribution in [3.8, 4) is 0 Å². The van der Waals surface area contributed by atoms with Gasteiger partial charge in [-0.3, -0.25) is 9.59 Å². The first kappa shape index (κ1) is 15.0. The smallest absolute Gasteiger partial charge is 0.252 e. The number of carbonyl (C=O) groups is 2. The molecule has 1 aromatic carbocycles. The molecule has 19 heavy (non-hydrogen) atoms. The topological polar surface area (TPSA) is 58.2 Å². The number of halogens is 3. The van der Waals surface area contributed by atoms with Crippen LogP contribution in [-0.4, -0.2) is 24.4 Å². The van der Waals surface area contributed by atoms with Crippen molar-refractivity contribution in [2.75, 3.05) is 6.54 Å². The molecule has 0 radical (unpaired) electrons. The number of carbonyl (C=O) groups excluding carboxylic acids is 2. The lowest BCUT2D eigenvalue weighted by Gasteiger charge is -2.13. The highest BCUT2D eigenvalue weighted by Gasteiger charge is 2.19. The number of amides is 2. The van der Waals surface area contributed by atoms with E-state index >= 15 is 0 Å². The van der Waals surface area contributed by atoms with E-state index in [0.717, 1.165) is 0 Å². The zero-order valence-electron chi connectivity index (χ0n) is 10.4. The van der Waals surface area contributed by atoms with Gasteiger partial charge in [-0.15, -0.1) is 0 Å². The van der Waals surface area contributed by atoms with Crippen LogP contribution in [0.2, 0.25) is 0 Å². The lowest BCUT2D eigenvalue weighted by molar-refractivity contribution is -0.122. The van der Waals surface area contributed by atoms with E-state index in [1.165, 1.54) is 6.92 Å². The standard InChI is InChI=1S/C12H13F3N2O2/c1-3-16-11(18)6(2)17-12(19)7-4-8(13)10(15)9(14)5-7/h4-6H,3H2,1-2H3,(H,16,18)(H,17,19). The number of nitrogens with one attached hydrogen (secondary N) is 2. The highest BCUT2D eigenvalue weighted by atomic mass is 19.2. The number of rotatable bonds is 4. The Morgan fingerprint density at radius 3 is 2.21 bits per heavy atom. The van der Waals surface area contributed by atoms with E-state index in [9.17, 15) is 22.8 Å². The third-order valence-corrected chi connectivity index (χ3v) is 2.34. The van der Waals surface area contributed by atoms with Crippen LogP contribution in [0, 0.1) is 17.5 Å². The molecule has 0 aliphatic rings. The summed E-state index contributed by atoms with van der Waals surface area (Å²) in [7, 11) is 0. The van der Waals surface area contributed by atoms with E-state index in [-0.39, 0.29) is 0 Å². The summed E-state index contributed by atoms with van der Waals surface area (Å²) in [5.41, 5.74) is -0.396. The predicted molar refractivity (Wildman–Crippen MR) is 61.9 cm³/mol. The van der Waals surface area contributed by atoms with Crippen LogP contribution in [0.15, 0.2) is 12.1 Å². The fraction of sp³-hybridized carbons (Fsp3) is 0.333. The molecule has 0 aliphatic carbocycles. The van der Waals surface area contributed by atoms with Crippen LogP contribution in [0.3, 0.4) is 0 Å². The van der Waals surface area contributed by atoms with Crippen LogP contribution >= 0.6 is 0 Å². The monoisotopic (exact) mass is 274 g/mol. The summed E-state index contributed by atoms with van der Waals surface area (Å²) in [5, 5.41) is 4.72. The largest absolute Gasteiger partial charge is 0.355 e. The van der Waals surface area contributed by atoms with Crippen LogP contribution in [0.25, 0.3) is 0 Å². The van der Waals surface area contributed by atoms with Gasteiger partial charge in [0.25, 0.3) is 5.91 Å². The van der Waals surface area contributed by atoms with Crippen LogP contribution in [0.1, 0.15) is 24.2 Å². The molecule has 2 N–H and O–H groups in total. The van der Waals surface area contributed by atoms with Crippen molar-refractivity contribution < 1.29 is 22.8 Å². The van der Waals surface area contributed by atoms with Crippen LogP contribution in [0.4, 0.5) is 13.2 Å². The van der Waals surface area contributed by atoms with Gasteiger partial charge in [0.05, 0.1) is 0 Å². The van der Waals surface area contributed by atoms with E-state index < -0.39 is 40.9 Å². The molecule has 0 aromatic heterocycles. The van der Waals surface area contributed by atoms with Gasteiger partial charge in [-0.1, -0.05) is 0 Å². The molecule has 1 rings (SSSR count). The lowest BCUT2D eigenvalue weighted by atomic mass is 10.1. The fourth-order valence-electron chi connectivity index (χ4n) is 1.36. The summed E-state index contributed by atoms with van der Waals surface area (Å²) in [6.07, 6.45) is 0. The Hall–Kier alpha value is -2.05. The molecule has 0 fully saturated rings. The molecular formula is C12H13F3N2O2. The fourth-order valence-corrected chi connectivity index (χ4v) is 1.36. The van der Waals surface area contributed by atoms with Crippen LogP contribution < -0.4 is 10.6 Å². The van der Waals surface area contributed by atoms with Gasteiger partial charge < -0.3 is 10.6 Å². The second kappa shape index (κ2) is 6.21. The normalized spacial score (nSPS) is 11.8. The average Bonchev–Trinajstić information content (AvgIpc) is 2.35. The Bertz CT molecular complexity index is 483. The summed E-state index contributed by atoms with van der Waals surface area (Å²) in [4.78, 5) is 23.0. The predicted octanol–water partition coefficient (Wildman–Crippen LogP) is 1.36. The molecule has 1 aromatic rings. The molecule has 0 heterocycles. The number of likely N-dealkylation sites (N-methyl/N-ethyl adjacent to an activating group) is 1. The maximum atomic E-state index is 12.9. The van der Waals surface area contributed by atoms with Crippen LogP contribution in [-0.2, 0) is 4.79 Å². The summed E-state index contributed by atoms with van der Waals surface area (Å²) in [6.45, 7) is 3.51. The lowest BCUT2D eigenvalue weighted by Crippen LogP contribution is -2.44. The van der Waals surface area contributed by atoms with E-state index in [1.807, 2.05) is 0 Å². The quantitative estimate of drug-likeness (QED) is 0.814. The third kappa shape index (κ3) is 3.70. The first-order chi connectivity index (χ1) is 8.86. The molecule has 7 heteroatoms. The molecule has 0 saturated heterocycles. The molecule has 0 aliphatic heterocycles. The molecule has 2 amide bonds. The van der Waals surface area contributed by atoms with Gasteiger partial charge >= 0.3 is 0 Å². The SMILES string of the molecule is CCNC(=O)C(C)NC(=O)c1cc(F)c(F)c(F)c1. The first-order valence-corrected chi connectivity index (χ1v) is 5.60. The Morgan fingerprint density at radius 1 is 1.21 bits per heavy atom. The molecular weight excluding hydrogens is 261 g/mol. The van der Waals surface area contributed by atoms with Crippen molar-refractivity contribution in [3.63, 3.8) is 0 Å². The summed E-state index contributed by atoms with van der Waals surface area (Å²) in [5.74, 6) is -5.87. The Balaban J connectivity index is 2.82. The summed E-state index contributed by atoms with van der Waals surface area (Å²) in [6, 6.07) is 0.264. The number of hydrogen-bond acceptors (Lipinski definition) is 2. The van der Waals surface area contributed by atoms with E-state index in [0.29, 0.717) is 18.7 Å². The minimum absolute atomic E-state index is 0.388. The minimum atomic E-state index is -1.65.